The third-order valence-corrected chi connectivity index (χ3v) is 6.20. The quantitative estimate of drug-likeness (QED) is 0.482. The van der Waals surface area contributed by atoms with Crippen LogP contribution in [0.3, 0.4) is 0 Å². The first kappa shape index (κ1) is 22.2. The number of pyridine rings is 2. The summed E-state index contributed by atoms with van der Waals surface area (Å²) in [5.41, 5.74) is 0.652. The predicted octanol–water partition coefficient (Wildman–Crippen LogP) is 6.19. The van der Waals surface area contributed by atoms with Crippen LogP contribution in [-0.2, 0) is 6.18 Å². The Kier molecular flexibility index (Phi) is 5.85. The predicted molar refractivity (Wildman–Crippen MR) is 125 cm³/mol. The molecule has 2 aromatic heterocycles. The number of urea groups is 1. The molecule has 0 radical (unpaired) electrons. The molecule has 1 aliphatic carbocycles. The minimum Gasteiger partial charge on any atom is -0.382 e. The molecule has 0 saturated heterocycles. The number of aromatic nitrogens is 2. The number of benzene rings is 1. The van der Waals surface area contributed by atoms with E-state index in [1.54, 1.807) is 47.5 Å². The minimum atomic E-state index is -4.45. The van der Waals surface area contributed by atoms with Gasteiger partial charge < -0.3 is 5.32 Å². The van der Waals surface area contributed by atoms with Gasteiger partial charge in [0.25, 0.3) is 0 Å². The molecule has 0 unspecified atom stereocenters. The number of amides is 2. The van der Waals surface area contributed by atoms with Crippen molar-refractivity contribution in [1.82, 2.24) is 9.97 Å². The average Bonchev–Trinajstić information content (AvgIpc) is 3.65. The normalized spacial score (nSPS) is 18.3. The second-order valence-corrected chi connectivity index (χ2v) is 8.64. The molecule has 6 nitrogen and oxygen atoms in total. The van der Waals surface area contributed by atoms with Crippen molar-refractivity contribution in [3.63, 3.8) is 0 Å². The molecule has 5 rings (SSSR count). The van der Waals surface area contributed by atoms with Crippen molar-refractivity contribution in [2.45, 2.75) is 37.9 Å². The Balaban J connectivity index is 1.57. The molecular formula is C25H24F3N5O. The summed E-state index contributed by atoms with van der Waals surface area (Å²) in [7, 11) is 0. The highest BCUT2D eigenvalue weighted by Gasteiger charge is 2.40. The van der Waals surface area contributed by atoms with E-state index in [2.05, 4.69) is 15.6 Å². The largest absolute Gasteiger partial charge is 0.416 e. The molecule has 0 spiro atoms. The molecule has 1 atom stereocenters. The van der Waals surface area contributed by atoms with Gasteiger partial charge >= 0.3 is 12.2 Å². The Morgan fingerprint density at radius 2 is 1.91 bits per heavy atom. The van der Waals surface area contributed by atoms with Gasteiger partial charge in [0.1, 0.15) is 5.82 Å². The van der Waals surface area contributed by atoms with E-state index in [1.165, 1.54) is 6.07 Å². The number of carbonyl (C=O) groups is 1. The van der Waals surface area contributed by atoms with Crippen LogP contribution in [0.25, 0.3) is 11.3 Å². The van der Waals surface area contributed by atoms with E-state index >= 15 is 0 Å². The van der Waals surface area contributed by atoms with Gasteiger partial charge in [-0.25, -0.2) is 14.8 Å². The number of fused-ring (bicyclic) bond motifs is 1. The fourth-order valence-electron chi connectivity index (χ4n) is 4.39. The van der Waals surface area contributed by atoms with E-state index in [4.69, 9.17) is 4.98 Å². The van der Waals surface area contributed by atoms with Gasteiger partial charge in [-0.05, 0) is 68.0 Å². The monoisotopic (exact) mass is 467 g/mol. The minimum absolute atomic E-state index is 0.0474. The van der Waals surface area contributed by atoms with E-state index in [-0.39, 0.29) is 12.1 Å². The number of nitrogens with one attached hydrogen (secondary N) is 2. The summed E-state index contributed by atoms with van der Waals surface area (Å²) in [4.78, 5) is 24.1. The molecule has 9 heteroatoms. The van der Waals surface area contributed by atoms with Gasteiger partial charge in [0.15, 0.2) is 5.82 Å². The van der Waals surface area contributed by atoms with Gasteiger partial charge in [0.2, 0.25) is 0 Å². The third kappa shape index (κ3) is 4.69. The van der Waals surface area contributed by atoms with Crippen LogP contribution in [0.2, 0.25) is 0 Å². The topological polar surface area (TPSA) is 70.2 Å². The highest BCUT2D eigenvalue weighted by molar-refractivity contribution is 6.03. The number of nitrogens with zero attached hydrogens (tertiary/aromatic N) is 3. The number of carbonyl (C=O) groups excluding carboxylic acids is 1. The first-order chi connectivity index (χ1) is 16.4. The van der Waals surface area contributed by atoms with Gasteiger partial charge in [0.05, 0.1) is 16.9 Å². The Labute approximate surface area is 195 Å². The van der Waals surface area contributed by atoms with E-state index in [1.807, 2.05) is 0 Å². The number of hydrogen-bond donors (Lipinski definition) is 2. The number of alkyl halides is 3. The fourth-order valence-corrected chi connectivity index (χ4v) is 4.39. The molecule has 2 N–H and O–H groups in total. The SMILES string of the molecule is O=C(Nc1ccccn1)N1c2nc(-c3cccc(C(F)(F)F)c3)ccc2NCCC[C@@H]1C1CC1. The van der Waals surface area contributed by atoms with Gasteiger partial charge in [-0.3, -0.25) is 10.2 Å². The summed E-state index contributed by atoms with van der Waals surface area (Å²) in [6.45, 7) is 0.733. The lowest BCUT2D eigenvalue weighted by Gasteiger charge is -2.34. The molecule has 3 aromatic rings. The number of halogens is 3. The van der Waals surface area contributed by atoms with Gasteiger partial charge in [-0.15, -0.1) is 0 Å². The summed E-state index contributed by atoms with van der Waals surface area (Å²) in [6, 6.07) is 13.4. The van der Waals surface area contributed by atoms with E-state index in [0.29, 0.717) is 34.5 Å². The zero-order valence-corrected chi connectivity index (χ0v) is 18.3. The maximum absolute atomic E-state index is 13.5. The Morgan fingerprint density at radius 3 is 2.65 bits per heavy atom. The lowest BCUT2D eigenvalue weighted by molar-refractivity contribution is -0.137. The maximum atomic E-state index is 13.5. The lowest BCUT2D eigenvalue weighted by atomic mass is 10.0. The molecule has 1 fully saturated rings. The first-order valence-electron chi connectivity index (χ1n) is 11.3. The van der Waals surface area contributed by atoms with Crippen molar-refractivity contribution < 1.29 is 18.0 Å². The molecule has 2 aliphatic rings. The second kappa shape index (κ2) is 8.96. The molecule has 3 heterocycles. The molecule has 1 aromatic carbocycles. The van der Waals surface area contributed by atoms with Gasteiger partial charge in [-0.1, -0.05) is 18.2 Å². The van der Waals surface area contributed by atoms with Crippen molar-refractivity contribution in [1.29, 1.82) is 0 Å². The molecule has 0 bridgehead atoms. The Bertz CT molecular complexity index is 1180. The van der Waals surface area contributed by atoms with Crippen LogP contribution in [0.15, 0.2) is 60.8 Å². The van der Waals surface area contributed by atoms with Gasteiger partial charge in [-0.2, -0.15) is 13.2 Å². The van der Waals surface area contributed by atoms with Crippen LogP contribution in [0.5, 0.6) is 0 Å². The summed E-state index contributed by atoms with van der Waals surface area (Å²) in [5.74, 6) is 1.21. The highest BCUT2D eigenvalue weighted by Crippen LogP contribution is 2.42. The van der Waals surface area contributed by atoms with Crippen molar-refractivity contribution in [3.8, 4) is 11.3 Å². The van der Waals surface area contributed by atoms with Crippen LogP contribution >= 0.6 is 0 Å². The van der Waals surface area contributed by atoms with Crippen LogP contribution < -0.4 is 15.5 Å². The number of anilines is 3. The van der Waals surface area contributed by atoms with E-state index < -0.39 is 11.7 Å². The van der Waals surface area contributed by atoms with Crippen molar-refractivity contribution >= 4 is 23.4 Å². The lowest BCUT2D eigenvalue weighted by Crippen LogP contribution is -2.46. The van der Waals surface area contributed by atoms with E-state index in [9.17, 15) is 18.0 Å². The zero-order valence-electron chi connectivity index (χ0n) is 18.3. The number of rotatable bonds is 3. The second-order valence-electron chi connectivity index (χ2n) is 8.64. The van der Waals surface area contributed by atoms with Crippen LogP contribution in [-0.4, -0.2) is 28.6 Å². The number of hydrogen-bond acceptors (Lipinski definition) is 4. The molecule has 176 valence electrons. The van der Waals surface area contributed by atoms with Crippen molar-refractivity contribution in [3.05, 3.63) is 66.4 Å². The van der Waals surface area contributed by atoms with Crippen LogP contribution in [0.1, 0.15) is 31.2 Å². The summed E-state index contributed by atoms with van der Waals surface area (Å²) < 4.78 is 39.8. The molecule has 1 aliphatic heterocycles. The summed E-state index contributed by atoms with van der Waals surface area (Å²) in [6.07, 6.45) is 0.918. The molecule has 2 amide bonds. The standard InChI is InChI=1S/C25H24F3N5O/c26-25(27,28)18-6-3-5-17(15-18)19-11-12-20-23(31-19)33(21(16-9-10-16)7-4-14-29-20)24(34)32-22-8-1-2-13-30-22/h1-3,5-6,8,11-13,15-16,21,29H,4,7,9-10,14H2,(H,30,32,34)/t21-/m1/s1. The average molecular weight is 467 g/mol. The first-order valence-corrected chi connectivity index (χ1v) is 11.3. The van der Waals surface area contributed by atoms with Crippen LogP contribution in [0.4, 0.5) is 35.3 Å². The van der Waals surface area contributed by atoms with Gasteiger partial charge in [0, 0.05) is 24.3 Å². The van der Waals surface area contributed by atoms with Crippen LogP contribution in [0, 0.1) is 5.92 Å². The fraction of sp³-hybridized carbons (Fsp3) is 0.320. The summed E-state index contributed by atoms with van der Waals surface area (Å²) in [5, 5.41) is 6.19. The Morgan fingerprint density at radius 1 is 1.06 bits per heavy atom. The molecule has 34 heavy (non-hydrogen) atoms. The van der Waals surface area contributed by atoms with E-state index in [0.717, 1.165) is 44.4 Å². The smallest absolute Gasteiger partial charge is 0.382 e. The van der Waals surface area contributed by atoms with Crippen molar-refractivity contribution in [2.24, 2.45) is 5.92 Å². The Hall–Kier alpha value is -3.62. The molecule has 1 saturated carbocycles. The maximum Gasteiger partial charge on any atom is 0.416 e. The molecular weight excluding hydrogens is 443 g/mol. The highest BCUT2D eigenvalue weighted by atomic mass is 19.4. The van der Waals surface area contributed by atoms with Crippen molar-refractivity contribution in [2.75, 3.05) is 22.1 Å². The third-order valence-electron chi connectivity index (χ3n) is 6.20. The summed E-state index contributed by atoms with van der Waals surface area (Å²) >= 11 is 0. The zero-order chi connectivity index (χ0) is 23.7.